The lowest BCUT2D eigenvalue weighted by Gasteiger charge is -2.18. The molecule has 0 unspecified atom stereocenters. The normalized spacial score (nSPS) is 10.3. The van der Waals surface area contributed by atoms with Crippen LogP contribution in [-0.4, -0.2) is 25.3 Å². The van der Waals surface area contributed by atoms with Crippen molar-refractivity contribution in [2.45, 2.75) is 6.42 Å². The minimum atomic E-state index is -0.411. The third-order valence-corrected chi connectivity index (χ3v) is 2.29. The number of halogens is 2. The van der Waals surface area contributed by atoms with Gasteiger partial charge in [0.1, 0.15) is 5.82 Å². The summed E-state index contributed by atoms with van der Waals surface area (Å²) in [5.41, 5.74) is 0.852. The number of aliphatic hydroxyl groups is 1. The lowest BCUT2D eigenvalue weighted by molar-refractivity contribution is 0.290. The first-order valence-corrected chi connectivity index (χ1v) is 4.80. The molecule has 0 heterocycles. The molecule has 0 aliphatic rings. The van der Waals surface area contributed by atoms with Crippen molar-refractivity contribution in [3.05, 3.63) is 29.0 Å². The van der Waals surface area contributed by atoms with E-state index in [4.69, 9.17) is 16.7 Å². The van der Waals surface area contributed by atoms with E-state index in [1.165, 1.54) is 6.07 Å². The second-order valence-corrected chi connectivity index (χ2v) is 3.50. The van der Waals surface area contributed by atoms with Crippen LogP contribution in [0.3, 0.4) is 0 Å². The zero-order valence-corrected chi connectivity index (χ0v) is 8.76. The topological polar surface area (TPSA) is 23.5 Å². The van der Waals surface area contributed by atoms with E-state index < -0.39 is 5.82 Å². The maximum Gasteiger partial charge on any atom is 0.141 e. The van der Waals surface area contributed by atoms with Crippen molar-refractivity contribution in [2.24, 2.45) is 0 Å². The van der Waals surface area contributed by atoms with E-state index >= 15 is 0 Å². The highest BCUT2D eigenvalue weighted by molar-refractivity contribution is 6.31. The maximum atomic E-state index is 12.8. The van der Waals surface area contributed by atoms with Crippen molar-refractivity contribution in [3.8, 4) is 0 Å². The number of rotatable bonds is 4. The van der Waals surface area contributed by atoms with Gasteiger partial charge in [-0.25, -0.2) is 4.39 Å². The molecule has 0 bridgehead atoms. The Labute approximate surface area is 87.9 Å². The molecule has 0 radical (unpaired) electrons. The number of nitrogens with zero attached hydrogens (tertiary/aromatic N) is 1. The maximum absolute atomic E-state index is 12.8. The van der Waals surface area contributed by atoms with Gasteiger partial charge >= 0.3 is 0 Å². The van der Waals surface area contributed by atoms with E-state index in [0.717, 1.165) is 12.2 Å². The molecule has 0 atom stereocenters. The van der Waals surface area contributed by atoms with E-state index in [1.54, 1.807) is 12.1 Å². The van der Waals surface area contributed by atoms with E-state index in [-0.39, 0.29) is 11.6 Å². The van der Waals surface area contributed by atoms with Gasteiger partial charge in [-0.1, -0.05) is 11.6 Å². The molecule has 78 valence electrons. The van der Waals surface area contributed by atoms with Gasteiger partial charge in [-0.05, 0) is 24.6 Å². The van der Waals surface area contributed by atoms with Crippen LogP contribution in [0.1, 0.15) is 6.42 Å². The van der Waals surface area contributed by atoms with Gasteiger partial charge in [0.15, 0.2) is 0 Å². The zero-order chi connectivity index (χ0) is 10.6. The van der Waals surface area contributed by atoms with Crippen LogP contribution < -0.4 is 4.90 Å². The number of hydrogen-bond acceptors (Lipinski definition) is 2. The van der Waals surface area contributed by atoms with Crippen molar-refractivity contribution in [2.75, 3.05) is 25.1 Å². The van der Waals surface area contributed by atoms with E-state index in [0.29, 0.717) is 6.42 Å². The molecule has 0 aromatic heterocycles. The molecule has 2 nitrogen and oxygen atoms in total. The molecule has 0 spiro atoms. The summed E-state index contributed by atoms with van der Waals surface area (Å²) in [5, 5.41) is 8.77. The Balaban J connectivity index is 2.70. The van der Waals surface area contributed by atoms with Crippen LogP contribution in [0.5, 0.6) is 0 Å². The summed E-state index contributed by atoms with van der Waals surface area (Å²) >= 11 is 5.64. The molecule has 0 amide bonds. The first-order valence-electron chi connectivity index (χ1n) is 4.42. The van der Waals surface area contributed by atoms with Crippen molar-refractivity contribution < 1.29 is 9.50 Å². The Kier molecular flexibility index (Phi) is 4.17. The predicted molar refractivity (Wildman–Crippen MR) is 56.4 cm³/mol. The minimum Gasteiger partial charge on any atom is -0.396 e. The van der Waals surface area contributed by atoms with Crippen LogP contribution in [0, 0.1) is 5.82 Å². The number of aliphatic hydroxyl groups excluding tert-OH is 1. The van der Waals surface area contributed by atoms with Crippen molar-refractivity contribution >= 4 is 17.3 Å². The van der Waals surface area contributed by atoms with Gasteiger partial charge in [0.05, 0.1) is 5.02 Å². The molecule has 14 heavy (non-hydrogen) atoms. The lowest BCUT2D eigenvalue weighted by atomic mass is 10.3. The van der Waals surface area contributed by atoms with Gasteiger partial charge in [-0.3, -0.25) is 0 Å². The van der Waals surface area contributed by atoms with E-state index in [2.05, 4.69) is 0 Å². The van der Waals surface area contributed by atoms with Crippen LogP contribution in [0.4, 0.5) is 10.1 Å². The molecule has 4 heteroatoms. The first kappa shape index (κ1) is 11.3. The average Bonchev–Trinajstić information content (AvgIpc) is 2.18. The summed E-state index contributed by atoms with van der Waals surface area (Å²) in [6, 6.07) is 4.58. The molecule has 0 saturated carbocycles. The Morgan fingerprint density at radius 3 is 2.79 bits per heavy atom. The Hall–Kier alpha value is -0.800. The lowest BCUT2D eigenvalue weighted by Crippen LogP contribution is -2.19. The fourth-order valence-corrected chi connectivity index (χ4v) is 1.33. The summed E-state index contributed by atoms with van der Waals surface area (Å²) in [6.07, 6.45) is 0.686. The number of hydrogen-bond donors (Lipinski definition) is 1. The molecule has 1 aromatic carbocycles. The summed E-state index contributed by atoms with van der Waals surface area (Å²) in [6.45, 7) is 0.873. The minimum absolute atomic E-state index is 0.123. The van der Waals surface area contributed by atoms with Crippen LogP contribution in [-0.2, 0) is 0 Å². The quantitative estimate of drug-likeness (QED) is 0.837. The van der Waals surface area contributed by atoms with E-state index in [1.807, 2.05) is 11.9 Å². The van der Waals surface area contributed by atoms with Gasteiger partial charge in [-0.2, -0.15) is 0 Å². The first-order chi connectivity index (χ1) is 6.65. The molecule has 1 rings (SSSR count). The molecule has 0 saturated heterocycles. The number of benzene rings is 1. The van der Waals surface area contributed by atoms with Gasteiger partial charge in [0.25, 0.3) is 0 Å². The SMILES string of the molecule is CN(CCCO)c1ccc(F)c(Cl)c1. The third-order valence-electron chi connectivity index (χ3n) is 2.00. The fourth-order valence-electron chi connectivity index (χ4n) is 1.16. The Morgan fingerprint density at radius 1 is 1.50 bits per heavy atom. The van der Waals surface area contributed by atoms with Gasteiger partial charge in [-0.15, -0.1) is 0 Å². The zero-order valence-electron chi connectivity index (χ0n) is 8.00. The fraction of sp³-hybridized carbons (Fsp3) is 0.400. The summed E-state index contributed by atoms with van der Waals surface area (Å²) in [5.74, 6) is -0.411. The predicted octanol–water partition coefficient (Wildman–Crippen LogP) is 2.30. The van der Waals surface area contributed by atoms with E-state index in [9.17, 15) is 4.39 Å². The van der Waals surface area contributed by atoms with Crippen LogP contribution in [0.25, 0.3) is 0 Å². The Morgan fingerprint density at radius 2 is 2.21 bits per heavy atom. The van der Waals surface area contributed by atoms with Crippen LogP contribution >= 0.6 is 11.6 Å². The second-order valence-electron chi connectivity index (χ2n) is 3.10. The molecule has 1 N–H and O–H groups in total. The monoisotopic (exact) mass is 217 g/mol. The third kappa shape index (κ3) is 2.86. The molecule has 0 aliphatic heterocycles. The highest BCUT2D eigenvalue weighted by atomic mass is 35.5. The summed E-state index contributed by atoms with van der Waals surface area (Å²) in [7, 11) is 1.87. The van der Waals surface area contributed by atoms with Gasteiger partial charge in [0, 0.05) is 25.9 Å². The standard InChI is InChI=1S/C10H13ClFNO/c1-13(5-2-6-14)8-3-4-10(12)9(11)7-8/h3-4,7,14H,2,5-6H2,1H3. The van der Waals surface area contributed by atoms with Gasteiger partial charge in [0.2, 0.25) is 0 Å². The van der Waals surface area contributed by atoms with Crippen molar-refractivity contribution in [1.82, 2.24) is 0 Å². The summed E-state index contributed by atoms with van der Waals surface area (Å²) < 4.78 is 12.8. The highest BCUT2D eigenvalue weighted by Gasteiger charge is 2.04. The largest absolute Gasteiger partial charge is 0.396 e. The number of anilines is 1. The second kappa shape index (κ2) is 5.17. The highest BCUT2D eigenvalue weighted by Crippen LogP contribution is 2.21. The van der Waals surface area contributed by atoms with Gasteiger partial charge < -0.3 is 10.0 Å². The molecular weight excluding hydrogens is 205 g/mol. The summed E-state index contributed by atoms with van der Waals surface area (Å²) in [4.78, 5) is 1.92. The van der Waals surface area contributed by atoms with Crippen LogP contribution in [0.15, 0.2) is 18.2 Å². The molecule has 1 aromatic rings. The Bertz CT molecular complexity index is 306. The van der Waals surface area contributed by atoms with Crippen molar-refractivity contribution in [1.29, 1.82) is 0 Å². The van der Waals surface area contributed by atoms with Crippen LogP contribution in [0.2, 0.25) is 5.02 Å². The molecule has 0 fully saturated rings. The molecule has 0 aliphatic carbocycles. The smallest absolute Gasteiger partial charge is 0.141 e. The molecular formula is C10H13ClFNO. The average molecular weight is 218 g/mol. The van der Waals surface area contributed by atoms with Crippen molar-refractivity contribution in [3.63, 3.8) is 0 Å².